The highest BCUT2D eigenvalue weighted by molar-refractivity contribution is 7.89. The molecule has 2 heterocycles. The molecule has 0 atom stereocenters. The zero-order valence-corrected chi connectivity index (χ0v) is 20.9. The molecule has 0 spiro atoms. The van der Waals surface area contributed by atoms with Crippen LogP contribution < -0.4 is 5.32 Å². The number of amides is 1. The third-order valence-corrected chi connectivity index (χ3v) is 10.2. The lowest BCUT2D eigenvalue weighted by Crippen LogP contribution is -2.38. The summed E-state index contributed by atoms with van der Waals surface area (Å²) in [6, 6.07) is 14.7. The molecule has 1 saturated carbocycles. The predicted octanol–water partition coefficient (Wildman–Crippen LogP) is 5.32. The molecule has 5 rings (SSSR count). The quantitative estimate of drug-likeness (QED) is 0.484. The maximum Gasteiger partial charge on any atom is 0.251 e. The SMILES string of the molecule is O=C(NC1CCCCCC1)c1ccc(S(=O)(=O)N2CCC(c3nc4ccccc4s3)CC2)cc1. The number of sulfonamides is 1. The second-order valence-electron chi connectivity index (χ2n) is 9.38. The number of piperidine rings is 1. The van der Waals surface area contributed by atoms with Gasteiger partial charge in [-0.2, -0.15) is 4.31 Å². The van der Waals surface area contributed by atoms with Gasteiger partial charge in [-0.25, -0.2) is 13.4 Å². The first-order valence-electron chi connectivity index (χ1n) is 12.3. The molecule has 2 aromatic carbocycles. The summed E-state index contributed by atoms with van der Waals surface area (Å²) in [5.74, 6) is 0.173. The summed E-state index contributed by atoms with van der Waals surface area (Å²) < 4.78 is 29.2. The number of carbonyl (C=O) groups excluding carboxylic acids is 1. The maximum atomic E-state index is 13.2. The van der Waals surface area contributed by atoms with Gasteiger partial charge in [0, 0.05) is 30.6 Å². The number of thiazole rings is 1. The van der Waals surface area contributed by atoms with Crippen molar-refractivity contribution in [3.8, 4) is 0 Å². The Hall–Kier alpha value is -2.29. The fourth-order valence-electron chi connectivity index (χ4n) is 5.03. The van der Waals surface area contributed by atoms with E-state index in [9.17, 15) is 13.2 Å². The van der Waals surface area contributed by atoms with Gasteiger partial charge in [-0.15, -0.1) is 11.3 Å². The standard InChI is InChI=1S/C26H31N3O3S2/c30-25(27-21-7-3-1-2-4-8-21)19-11-13-22(14-12-19)34(31,32)29-17-15-20(16-18-29)26-28-23-9-5-6-10-24(23)33-26/h5-6,9-14,20-21H,1-4,7-8,15-18H2,(H,27,30). The number of benzene rings is 2. The summed E-state index contributed by atoms with van der Waals surface area (Å²) in [4.78, 5) is 17.7. The lowest BCUT2D eigenvalue weighted by molar-refractivity contribution is 0.0933. The van der Waals surface area contributed by atoms with Gasteiger partial charge in [-0.05, 0) is 62.1 Å². The van der Waals surface area contributed by atoms with Gasteiger partial charge in [0.1, 0.15) is 0 Å². The van der Waals surface area contributed by atoms with Crippen molar-refractivity contribution in [3.05, 3.63) is 59.1 Å². The number of aromatic nitrogens is 1. The van der Waals surface area contributed by atoms with Crippen molar-refractivity contribution in [1.82, 2.24) is 14.6 Å². The molecule has 2 aliphatic rings. The van der Waals surface area contributed by atoms with Crippen LogP contribution in [0, 0.1) is 0 Å². The van der Waals surface area contributed by atoms with Gasteiger partial charge in [0.2, 0.25) is 10.0 Å². The van der Waals surface area contributed by atoms with Crippen LogP contribution in [0.3, 0.4) is 0 Å². The van der Waals surface area contributed by atoms with Gasteiger partial charge >= 0.3 is 0 Å². The van der Waals surface area contributed by atoms with Crippen LogP contribution in [0.2, 0.25) is 0 Å². The van der Waals surface area contributed by atoms with Crippen molar-refractivity contribution in [2.75, 3.05) is 13.1 Å². The first-order valence-corrected chi connectivity index (χ1v) is 14.5. The fraction of sp³-hybridized carbons (Fsp3) is 0.462. The molecule has 180 valence electrons. The van der Waals surface area contributed by atoms with E-state index >= 15 is 0 Å². The number of nitrogens with zero attached hydrogens (tertiary/aromatic N) is 2. The molecule has 1 amide bonds. The molecular formula is C26H31N3O3S2. The maximum absolute atomic E-state index is 13.2. The van der Waals surface area contributed by atoms with Crippen molar-refractivity contribution in [2.24, 2.45) is 0 Å². The Morgan fingerprint density at radius 2 is 1.59 bits per heavy atom. The van der Waals surface area contributed by atoms with Gasteiger partial charge in [0.25, 0.3) is 5.91 Å². The Morgan fingerprint density at radius 1 is 0.912 bits per heavy atom. The minimum atomic E-state index is -3.58. The molecule has 0 radical (unpaired) electrons. The average molecular weight is 498 g/mol. The number of hydrogen-bond acceptors (Lipinski definition) is 5. The van der Waals surface area contributed by atoms with Crippen molar-refractivity contribution >= 4 is 37.5 Å². The Bertz CT molecular complexity index is 1200. The molecular weight excluding hydrogens is 466 g/mol. The fourth-order valence-corrected chi connectivity index (χ4v) is 7.63. The monoisotopic (exact) mass is 497 g/mol. The Kier molecular flexibility index (Phi) is 6.99. The van der Waals surface area contributed by atoms with Crippen molar-refractivity contribution in [1.29, 1.82) is 0 Å². The summed E-state index contributed by atoms with van der Waals surface area (Å²) in [5.41, 5.74) is 1.53. The summed E-state index contributed by atoms with van der Waals surface area (Å²) >= 11 is 1.71. The van der Waals surface area contributed by atoms with E-state index in [0.717, 1.165) is 49.0 Å². The van der Waals surface area contributed by atoms with E-state index in [1.807, 2.05) is 18.2 Å². The molecule has 6 nitrogen and oxygen atoms in total. The molecule has 1 aromatic heterocycles. The van der Waals surface area contributed by atoms with Crippen LogP contribution in [-0.4, -0.2) is 42.7 Å². The Morgan fingerprint density at radius 3 is 2.26 bits per heavy atom. The second kappa shape index (κ2) is 10.1. The van der Waals surface area contributed by atoms with Crippen LogP contribution in [0.15, 0.2) is 53.4 Å². The largest absolute Gasteiger partial charge is 0.349 e. The predicted molar refractivity (Wildman–Crippen MR) is 136 cm³/mol. The van der Waals surface area contributed by atoms with Gasteiger partial charge in [0.05, 0.1) is 20.1 Å². The smallest absolute Gasteiger partial charge is 0.251 e. The molecule has 3 aromatic rings. The highest BCUT2D eigenvalue weighted by atomic mass is 32.2. The van der Waals surface area contributed by atoms with E-state index in [4.69, 9.17) is 4.98 Å². The van der Waals surface area contributed by atoms with Crippen molar-refractivity contribution in [3.63, 3.8) is 0 Å². The molecule has 1 saturated heterocycles. The van der Waals surface area contributed by atoms with Gasteiger partial charge in [-0.1, -0.05) is 37.8 Å². The molecule has 0 bridgehead atoms. The molecule has 1 aliphatic heterocycles. The summed E-state index contributed by atoms with van der Waals surface area (Å²) in [7, 11) is -3.58. The third-order valence-electron chi connectivity index (χ3n) is 7.06. The topological polar surface area (TPSA) is 79.4 Å². The minimum Gasteiger partial charge on any atom is -0.349 e. The minimum absolute atomic E-state index is 0.118. The van der Waals surface area contributed by atoms with E-state index < -0.39 is 10.0 Å². The van der Waals surface area contributed by atoms with E-state index in [0.29, 0.717) is 24.6 Å². The van der Waals surface area contributed by atoms with Gasteiger partial charge in [0.15, 0.2) is 0 Å². The van der Waals surface area contributed by atoms with Crippen LogP contribution in [0.1, 0.15) is 72.7 Å². The van der Waals surface area contributed by atoms with Crippen LogP contribution in [0.5, 0.6) is 0 Å². The van der Waals surface area contributed by atoms with E-state index in [2.05, 4.69) is 11.4 Å². The third kappa shape index (κ3) is 5.04. The molecule has 1 N–H and O–H groups in total. The van der Waals surface area contributed by atoms with Crippen LogP contribution in [0.25, 0.3) is 10.2 Å². The number of nitrogens with one attached hydrogen (secondary N) is 1. The summed E-state index contributed by atoms with van der Waals surface area (Å²) in [5, 5.41) is 4.22. The van der Waals surface area contributed by atoms with Crippen molar-refractivity contribution in [2.45, 2.75) is 68.2 Å². The summed E-state index contributed by atoms with van der Waals surface area (Å²) in [6.45, 7) is 0.958. The van der Waals surface area contributed by atoms with Gasteiger partial charge in [-0.3, -0.25) is 4.79 Å². The van der Waals surface area contributed by atoms with Crippen LogP contribution >= 0.6 is 11.3 Å². The van der Waals surface area contributed by atoms with Crippen molar-refractivity contribution < 1.29 is 13.2 Å². The molecule has 1 aliphatic carbocycles. The number of rotatable bonds is 5. The van der Waals surface area contributed by atoms with E-state index in [-0.39, 0.29) is 16.8 Å². The lowest BCUT2D eigenvalue weighted by atomic mass is 9.99. The second-order valence-corrected chi connectivity index (χ2v) is 12.4. The van der Waals surface area contributed by atoms with E-state index in [1.54, 1.807) is 39.9 Å². The average Bonchev–Trinajstić information content (AvgIpc) is 3.14. The zero-order chi connectivity index (χ0) is 23.5. The Balaban J connectivity index is 1.21. The number of para-hydroxylation sites is 1. The number of fused-ring (bicyclic) bond motifs is 1. The lowest BCUT2D eigenvalue weighted by Gasteiger charge is -2.30. The summed E-state index contributed by atoms with van der Waals surface area (Å²) in [6.07, 6.45) is 8.33. The van der Waals surface area contributed by atoms with Crippen LogP contribution in [-0.2, 0) is 10.0 Å². The van der Waals surface area contributed by atoms with E-state index in [1.165, 1.54) is 17.5 Å². The Labute approximate surface area is 205 Å². The van der Waals surface area contributed by atoms with Crippen LogP contribution in [0.4, 0.5) is 0 Å². The molecule has 34 heavy (non-hydrogen) atoms. The molecule has 2 fully saturated rings. The highest BCUT2D eigenvalue weighted by Crippen LogP contribution is 2.35. The zero-order valence-electron chi connectivity index (χ0n) is 19.3. The molecule has 8 heteroatoms. The molecule has 0 unspecified atom stereocenters. The van der Waals surface area contributed by atoms with Gasteiger partial charge < -0.3 is 5.32 Å². The normalized spacial score (nSPS) is 19.2. The first-order chi connectivity index (χ1) is 16.5. The number of carbonyl (C=O) groups is 1. The highest BCUT2D eigenvalue weighted by Gasteiger charge is 2.31. The first kappa shape index (κ1) is 23.5. The number of hydrogen-bond donors (Lipinski definition) is 1.